The van der Waals surface area contributed by atoms with Gasteiger partial charge < -0.3 is 43.6 Å². The topological polar surface area (TPSA) is 158 Å². The quantitative estimate of drug-likeness (QED) is 0.0393. The van der Waals surface area contributed by atoms with Crippen molar-refractivity contribution in [2.45, 2.75) is 108 Å². The molecule has 4 aromatic rings. The van der Waals surface area contributed by atoms with Gasteiger partial charge in [-0.1, -0.05) is 98.3 Å². The zero-order chi connectivity index (χ0) is 48.3. The molecular formula is C56H69N3O10. The minimum atomic E-state index is -1.44. The Morgan fingerprint density at radius 3 is 2.42 bits per heavy atom. The first kappa shape index (κ1) is 49.5. The van der Waals surface area contributed by atoms with E-state index in [1.807, 2.05) is 35.2 Å². The van der Waals surface area contributed by atoms with Crippen molar-refractivity contribution in [3.8, 4) is 23.0 Å². The highest BCUT2D eigenvalue weighted by Gasteiger charge is 2.65. The van der Waals surface area contributed by atoms with Crippen molar-refractivity contribution in [3.05, 3.63) is 114 Å². The van der Waals surface area contributed by atoms with Crippen molar-refractivity contribution >= 4 is 34.2 Å². The minimum Gasteiger partial charge on any atom is -0.497 e. The zero-order valence-corrected chi connectivity index (χ0v) is 40.4. The lowest BCUT2D eigenvalue weighted by atomic mass is 9.55. The van der Waals surface area contributed by atoms with E-state index in [-0.39, 0.29) is 43.5 Å². The van der Waals surface area contributed by atoms with Crippen LogP contribution in [0.1, 0.15) is 101 Å². The van der Waals surface area contributed by atoms with E-state index in [1.54, 1.807) is 44.6 Å². The van der Waals surface area contributed by atoms with Crippen LogP contribution in [0.5, 0.6) is 23.0 Å². The number of anilines is 1. The molecule has 0 spiro atoms. The van der Waals surface area contributed by atoms with Crippen LogP contribution in [0.3, 0.4) is 0 Å². The first-order valence-corrected chi connectivity index (χ1v) is 24.8. The number of amides is 2. The number of aliphatic hydroxyl groups is 2. The molecule has 0 bridgehead atoms. The summed E-state index contributed by atoms with van der Waals surface area (Å²) in [6.45, 7) is 4.70. The number of rotatable bonds is 22. The number of unbranched alkanes of at least 4 members (excludes halogenated alkanes) is 2. The molecule has 0 aromatic heterocycles. The second kappa shape index (κ2) is 23.1. The molecule has 368 valence electrons. The van der Waals surface area contributed by atoms with Gasteiger partial charge in [0.25, 0.3) is 0 Å². The van der Waals surface area contributed by atoms with Gasteiger partial charge in [-0.05, 0) is 102 Å². The third kappa shape index (κ3) is 10.8. The normalized spacial score (nSPS) is 23.3. The Morgan fingerprint density at radius 1 is 0.899 bits per heavy atom. The van der Waals surface area contributed by atoms with Crippen LogP contribution in [0.2, 0.25) is 0 Å². The molecule has 0 saturated heterocycles. The van der Waals surface area contributed by atoms with E-state index in [9.17, 15) is 15.0 Å². The molecule has 1 heterocycles. The first-order chi connectivity index (χ1) is 33.7. The van der Waals surface area contributed by atoms with Gasteiger partial charge in [-0.2, -0.15) is 0 Å². The number of benzene rings is 4. The number of hydrogen-bond donors (Lipinski definition) is 3. The number of methoxy groups -OCH3 is 2. The van der Waals surface area contributed by atoms with Crippen molar-refractivity contribution in [3.63, 3.8) is 0 Å². The van der Waals surface area contributed by atoms with Crippen LogP contribution in [0.15, 0.2) is 108 Å². The Kier molecular flexibility index (Phi) is 16.6. The van der Waals surface area contributed by atoms with Gasteiger partial charge in [-0.25, -0.2) is 4.79 Å². The van der Waals surface area contributed by atoms with E-state index < -0.39 is 23.8 Å². The fourth-order valence-electron chi connectivity index (χ4n) is 11.7. The second-order valence-corrected chi connectivity index (χ2v) is 18.9. The van der Waals surface area contributed by atoms with E-state index >= 15 is 4.79 Å². The minimum absolute atomic E-state index is 0.0156. The molecule has 4 aliphatic rings. The molecule has 6 atom stereocenters. The number of hydrogen-bond acceptors (Lipinski definition) is 11. The summed E-state index contributed by atoms with van der Waals surface area (Å²) in [7, 11) is 4.63. The molecule has 2 fully saturated rings. The number of carbonyl (C=O) groups excluding carboxylic acids is 2. The molecule has 0 radical (unpaired) electrons. The maximum Gasteiger partial charge on any atom is 0.417 e. The molecule has 13 heteroatoms. The smallest absolute Gasteiger partial charge is 0.417 e. The predicted molar refractivity (Wildman–Crippen MR) is 267 cm³/mol. The van der Waals surface area contributed by atoms with Crippen LogP contribution in [-0.4, -0.2) is 85.8 Å². The number of oxime groups is 1. The summed E-state index contributed by atoms with van der Waals surface area (Å²) >= 11 is 0. The van der Waals surface area contributed by atoms with Crippen LogP contribution >= 0.6 is 0 Å². The summed E-state index contributed by atoms with van der Waals surface area (Å²) < 4.78 is 31.7. The van der Waals surface area contributed by atoms with Gasteiger partial charge >= 0.3 is 6.09 Å². The number of ether oxygens (including phenoxy) is 5. The SMILES string of the molecule is C=CCO[C@@]12Oc3ccc(OC(=O)Nc4ccc(OC)cc4OC)cc3[C@H]3[C@H](CCCCO)[C@@H](CCCCO)C=C(C(=NOC)C[C@@H]1N(Cc1cccc4ccccc14)C(=O)CCC1CCCC1)[C@H]32. The van der Waals surface area contributed by atoms with Crippen molar-refractivity contribution in [1.29, 1.82) is 0 Å². The molecule has 3 N–H and O–H groups in total. The van der Waals surface area contributed by atoms with Gasteiger partial charge in [0.2, 0.25) is 11.7 Å². The van der Waals surface area contributed by atoms with Gasteiger partial charge in [0.05, 0.1) is 38.1 Å². The highest BCUT2D eigenvalue weighted by Crippen LogP contribution is 2.62. The first-order valence-electron chi connectivity index (χ1n) is 24.8. The molecule has 13 nitrogen and oxygen atoms in total. The summed E-state index contributed by atoms with van der Waals surface area (Å²) in [6.07, 6.45) is 13.9. The van der Waals surface area contributed by atoms with Crippen molar-refractivity contribution < 1.29 is 48.3 Å². The molecule has 8 rings (SSSR count). The predicted octanol–water partition coefficient (Wildman–Crippen LogP) is 10.7. The fraction of sp³-hybridized carbons (Fsp3) is 0.482. The molecule has 2 amide bonds. The van der Waals surface area contributed by atoms with Crippen molar-refractivity contribution in [2.75, 3.05) is 46.5 Å². The number of nitrogens with zero attached hydrogens (tertiary/aromatic N) is 2. The highest BCUT2D eigenvalue weighted by molar-refractivity contribution is 6.03. The van der Waals surface area contributed by atoms with E-state index in [4.69, 9.17) is 33.7 Å². The number of fused-ring (bicyclic) bond motifs is 3. The van der Waals surface area contributed by atoms with Crippen LogP contribution in [0, 0.1) is 23.7 Å². The van der Waals surface area contributed by atoms with Crippen LogP contribution in [-0.2, 0) is 20.9 Å². The zero-order valence-electron chi connectivity index (χ0n) is 40.4. The Labute approximate surface area is 406 Å². The number of carbonyl (C=O) groups is 2. The Hall–Kier alpha value is -5.89. The van der Waals surface area contributed by atoms with Crippen LogP contribution < -0.4 is 24.3 Å². The fourth-order valence-corrected chi connectivity index (χ4v) is 11.7. The molecule has 1 aliphatic heterocycles. The third-order valence-corrected chi connectivity index (χ3v) is 14.9. The third-order valence-electron chi connectivity index (χ3n) is 14.9. The number of nitrogens with one attached hydrogen (secondary N) is 1. The van der Waals surface area contributed by atoms with Gasteiger partial charge in [0, 0.05) is 50.1 Å². The van der Waals surface area contributed by atoms with Crippen molar-refractivity contribution in [1.82, 2.24) is 4.90 Å². The number of aliphatic hydroxyl groups excluding tert-OH is 2. The van der Waals surface area contributed by atoms with E-state index in [0.29, 0.717) is 66.8 Å². The average molecular weight is 944 g/mol. The largest absolute Gasteiger partial charge is 0.497 e. The van der Waals surface area contributed by atoms with Gasteiger partial charge in [-0.15, -0.1) is 6.58 Å². The van der Waals surface area contributed by atoms with Crippen molar-refractivity contribution in [2.24, 2.45) is 28.8 Å². The van der Waals surface area contributed by atoms with E-state index in [2.05, 4.69) is 42.2 Å². The second-order valence-electron chi connectivity index (χ2n) is 18.9. The summed E-state index contributed by atoms with van der Waals surface area (Å²) in [5.74, 6) is 0.143. The molecule has 2 saturated carbocycles. The maximum atomic E-state index is 15.4. The molecule has 69 heavy (non-hydrogen) atoms. The summed E-state index contributed by atoms with van der Waals surface area (Å²) in [5, 5.41) is 29.8. The van der Waals surface area contributed by atoms with Crippen LogP contribution in [0.25, 0.3) is 10.8 Å². The Morgan fingerprint density at radius 2 is 1.67 bits per heavy atom. The van der Waals surface area contributed by atoms with Gasteiger partial charge in [-0.3, -0.25) is 10.1 Å². The lowest BCUT2D eigenvalue weighted by molar-refractivity contribution is -0.258. The number of allylic oxidation sites excluding steroid dienone is 1. The molecule has 4 aromatic carbocycles. The Balaban J connectivity index is 1.28. The summed E-state index contributed by atoms with van der Waals surface area (Å²) in [4.78, 5) is 36.8. The van der Waals surface area contributed by atoms with Gasteiger partial charge in [0.15, 0.2) is 0 Å². The maximum absolute atomic E-state index is 15.4. The molecular weight excluding hydrogens is 875 g/mol. The average Bonchev–Trinajstić information content (AvgIpc) is 3.90. The van der Waals surface area contributed by atoms with E-state index in [1.165, 1.54) is 20.0 Å². The standard InChI is InChI=1S/C56H69N3O10/c1-5-31-67-56-51(59(52(62)28-23-37-15-6-7-16-37)36-40-20-14-19-38-17-8-9-21-43(38)40)35-48(58-66-4)45-32-39(18-10-12-29-60)44(22-11-13-30-61)53(54(45)56)46-33-42(25-27-49(46)69-56)68-55(63)57-47-26-24-41(64-2)34-50(47)65-3/h5,8-9,14,17,19-21,24-27,32-34,37,39,44,51,53-54,60-61H,1,6-7,10-13,15-16,18,22-23,28-31,35-36H2,2-4H3,(H,57,63)/t39-,44+,51-,53+,54+,56+/m0/s1. The monoisotopic (exact) mass is 943 g/mol. The Bertz CT molecular complexity index is 2480. The highest BCUT2D eigenvalue weighted by atomic mass is 16.7. The van der Waals surface area contributed by atoms with Crippen LogP contribution in [0.4, 0.5) is 10.5 Å². The van der Waals surface area contributed by atoms with E-state index in [0.717, 1.165) is 78.1 Å². The lowest BCUT2D eigenvalue weighted by Gasteiger charge is -2.60. The summed E-state index contributed by atoms with van der Waals surface area (Å²) in [5.41, 5.74) is 3.91. The lowest BCUT2D eigenvalue weighted by Crippen LogP contribution is -2.70. The molecule has 0 unspecified atom stereocenters. The summed E-state index contributed by atoms with van der Waals surface area (Å²) in [6, 6.07) is 24.4. The van der Waals surface area contributed by atoms with Gasteiger partial charge in [0.1, 0.15) is 36.1 Å². The molecule has 3 aliphatic carbocycles.